The fourth-order valence-electron chi connectivity index (χ4n) is 39.7. The lowest BCUT2D eigenvalue weighted by Gasteiger charge is -2.71. The summed E-state index contributed by atoms with van der Waals surface area (Å²) in [5.41, 5.74) is 15.2. The Bertz CT molecular complexity index is 6610. The van der Waals surface area contributed by atoms with Gasteiger partial charge in [-0.1, -0.05) is 107 Å². The molecule has 10 aromatic rings. The molecule has 134 heavy (non-hydrogen) atoms. The van der Waals surface area contributed by atoms with Crippen LogP contribution in [0.2, 0.25) is 0 Å². The number of nitro groups is 4. The number of rotatable bonds is 8. The van der Waals surface area contributed by atoms with Crippen molar-refractivity contribution in [2.24, 2.45) is 189 Å². The van der Waals surface area contributed by atoms with E-state index in [4.69, 9.17) is 16.5 Å². The highest BCUT2D eigenvalue weighted by molar-refractivity contribution is 9.11. The number of benzene rings is 8. The average Bonchev–Trinajstić information content (AvgIpc) is 0.695. The molecule has 22 nitrogen and oxygen atoms in total. The standard InChI is InChI=1S/C55H58BrN5O5.C43H57N5O4.C12H5BrO3/c56-43-19-18-39-49-38(43)8-3-9-40(49)55(62)59-46-21-29(60(63)64)20-41-42(45(61(65)66)22-44(53(41)46)57-54(39)59)25-58-23-27-10-12-32-36-16-14-34-30-6-1-4-26-5-2-7-31(48(26)30)35-15-17-37(52(36)51(34)35)33-13-11-28(24-58)47(27)50(32)33;44-35-16-24(47(49)50)15-33-34(37(48(51)52)17-36(45)43(33)35)20-46-18-22-7-9-27-31-13-11-29-25-5-1-3-21-4-2-6-26(39(21)25)30-12-14-32(42(31)41(29)30)28-10-8-23(19-46)38(22)40(27)28;13-9-5-4-8-10-6(9)2-1-3-7(10)11(14)16-12(8)15/h3,8-9,18-22,26-28,30-37,47-48,50-52H,1-2,4-7,10-17,23-25H2;15-17,21-23,25-32,38-42H,1-14,18-20,44-45H2;1-5H. The van der Waals surface area contributed by atoms with Crippen LogP contribution in [0.5, 0.6) is 0 Å². The summed E-state index contributed by atoms with van der Waals surface area (Å²) in [6.07, 6.45) is 40.9. The van der Waals surface area contributed by atoms with Crippen molar-refractivity contribution in [3.05, 3.63) is 179 Å². The number of hydrogen-bond acceptors (Lipinski definition) is 17. The molecular weight excluding hydrogens is 1810 g/mol. The third-order valence-corrected chi connectivity index (χ3v) is 44.1. The van der Waals surface area contributed by atoms with Gasteiger partial charge in [-0.05, 0) is 365 Å². The fourth-order valence-corrected chi connectivity index (χ4v) is 40.6. The first-order chi connectivity index (χ1) is 65.2. The topological polar surface area (TPSA) is 309 Å². The van der Waals surface area contributed by atoms with Gasteiger partial charge in [-0.3, -0.25) is 59.5 Å². The summed E-state index contributed by atoms with van der Waals surface area (Å²) < 4.78 is 7.85. The van der Waals surface area contributed by atoms with E-state index in [9.17, 15) is 54.8 Å². The number of non-ortho nitro benzene ring substituents is 2. The molecule has 2 aromatic heterocycles. The van der Waals surface area contributed by atoms with Crippen molar-refractivity contribution in [1.82, 2.24) is 19.2 Å². The first kappa shape index (κ1) is 84.4. The molecule has 4 N–H and O–H groups in total. The monoisotopic (exact) mass is 1930 g/mol. The first-order valence-corrected chi connectivity index (χ1v) is 53.7. The van der Waals surface area contributed by atoms with Gasteiger partial charge < -0.3 is 16.2 Å². The predicted octanol–water partition coefficient (Wildman–Crippen LogP) is 24.5. The van der Waals surface area contributed by atoms with Crippen molar-refractivity contribution in [3.8, 4) is 0 Å². The van der Waals surface area contributed by atoms with Crippen LogP contribution in [0.3, 0.4) is 0 Å². The quantitative estimate of drug-likeness (QED) is 0.0272. The van der Waals surface area contributed by atoms with E-state index in [0.29, 0.717) is 113 Å². The van der Waals surface area contributed by atoms with Gasteiger partial charge in [0.15, 0.2) is 0 Å². The molecule has 0 amide bonds. The van der Waals surface area contributed by atoms with E-state index in [1.807, 2.05) is 30.3 Å². The lowest BCUT2D eigenvalue weighted by atomic mass is 9.34. The zero-order chi connectivity index (χ0) is 90.5. The van der Waals surface area contributed by atoms with Gasteiger partial charge in [0.25, 0.3) is 28.3 Å². The van der Waals surface area contributed by atoms with Gasteiger partial charge in [0.2, 0.25) is 0 Å². The van der Waals surface area contributed by atoms with E-state index in [0.717, 1.165) is 217 Å². The third kappa shape index (κ3) is 12.4. The minimum atomic E-state index is -0.582. The molecule has 20 unspecified atom stereocenters. The molecule has 16 saturated carbocycles. The Balaban J connectivity index is 0.000000119. The molecule has 29 rings (SSSR count). The van der Waals surface area contributed by atoms with Crippen LogP contribution >= 0.6 is 31.9 Å². The van der Waals surface area contributed by atoms with Gasteiger partial charge in [-0.25, -0.2) is 14.6 Å². The lowest BCUT2D eigenvalue weighted by molar-refractivity contribution is -0.385. The van der Waals surface area contributed by atoms with E-state index in [1.54, 1.807) is 49.2 Å². The number of nitrogens with zero attached hydrogens (tertiary/aromatic N) is 8. The van der Waals surface area contributed by atoms with Gasteiger partial charge in [-0.2, -0.15) is 0 Å². The zero-order valence-corrected chi connectivity index (χ0v) is 79.3. The molecule has 5 heterocycles. The molecule has 8 aromatic carbocycles. The van der Waals surface area contributed by atoms with Gasteiger partial charge in [0, 0.05) is 139 Å². The van der Waals surface area contributed by atoms with E-state index in [1.165, 1.54) is 202 Å². The summed E-state index contributed by atoms with van der Waals surface area (Å²) in [6.45, 7) is 4.49. The summed E-state index contributed by atoms with van der Waals surface area (Å²) in [6, 6.07) is 26.8. The Morgan fingerprint density at radius 2 is 0.709 bits per heavy atom. The third-order valence-electron chi connectivity index (χ3n) is 42.8. The highest BCUT2D eigenvalue weighted by Gasteiger charge is 2.70. The van der Waals surface area contributed by atoms with Crippen molar-refractivity contribution in [1.29, 1.82) is 0 Å². The van der Waals surface area contributed by atoms with E-state index in [-0.39, 0.29) is 49.5 Å². The van der Waals surface area contributed by atoms with Crippen LogP contribution in [-0.2, 0) is 17.8 Å². The Morgan fingerprint density at radius 3 is 1.15 bits per heavy atom. The number of ether oxygens (including phenoxy) is 1. The summed E-state index contributed by atoms with van der Waals surface area (Å²) in [5.74, 6) is 28.3. The van der Waals surface area contributed by atoms with Crippen LogP contribution in [0.1, 0.15) is 212 Å². The molecule has 0 radical (unpaired) electrons. The summed E-state index contributed by atoms with van der Waals surface area (Å²) in [7, 11) is 0. The number of nitrogen functional groups attached to an aromatic ring is 2. The number of nitro benzene ring substituents is 4. The maximum Gasteiger partial charge on any atom is 0.346 e. The van der Waals surface area contributed by atoms with Gasteiger partial charge in [0.1, 0.15) is 5.65 Å². The molecule has 24 heteroatoms. The number of cyclic esters (lactones) is 2. The SMILES string of the molecule is Nc1cc([N+](=O)[O-])cc2c(CN3CC4CCC5C6CCC7C8CCCC9CCCC(C%10CCC(C%11CCC(C3)C4C5%11)C6C7%10)C98)c([N+](=O)[O-])cc(N)c12.O=C1OC(=O)c2ccc(Br)c3cccc1c23.O=c1c2cccc3c(Br)ccc(c32)c2nc3cc([N+](=O)[O-])c(CN4CC5CCC6C7CCC8C9CCCC%10CCCC(C%11CCC(C%12CCC(C4)C5C6%12)C7C8%11)C%109)c4cc([N+](=O)[O-])cc(c34)n12. The molecular formula is C110H120Br2N10O12. The Kier molecular flexibility index (Phi) is 19.9. The second-order valence-electron chi connectivity index (χ2n) is 46.8. The Morgan fingerprint density at radius 1 is 0.343 bits per heavy atom. The van der Waals surface area contributed by atoms with Crippen LogP contribution < -0.4 is 17.0 Å². The van der Waals surface area contributed by atoms with Crippen LogP contribution in [0.25, 0.3) is 70.5 Å². The minimum absolute atomic E-state index is 0.0599. The molecule has 2 saturated heterocycles. The summed E-state index contributed by atoms with van der Waals surface area (Å²) >= 11 is 7.04. The Hall–Kier alpha value is -8.84. The number of anilines is 2. The van der Waals surface area contributed by atoms with Crippen molar-refractivity contribution >= 4 is 148 Å². The fraction of sp³-hybridized carbons (Fsp3) is 0.600. The van der Waals surface area contributed by atoms with Gasteiger partial charge >= 0.3 is 11.9 Å². The van der Waals surface area contributed by atoms with Crippen molar-refractivity contribution < 1.29 is 34.0 Å². The largest absolute Gasteiger partial charge is 0.398 e. The van der Waals surface area contributed by atoms with Crippen molar-refractivity contribution in [2.75, 3.05) is 37.6 Å². The second-order valence-corrected chi connectivity index (χ2v) is 48.5. The number of esters is 2. The number of pyridine rings is 1. The maximum absolute atomic E-state index is 14.6. The number of halogens is 2. The predicted molar refractivity (Wildman–Crippen MR) is 523 cm³/mol. The molecule has 3 aliphatic heterocycles. The number of likely N-dealkylation sites (tertiary alicyclic amines) is 2. The molecule has 0 bridgehead atoms. The number of carbonyl (C=O) groups is 2. The van der Waals surface area contributed by atoms with E-state index >= 15 is 0 Å². The maximum atomic E-state index is 14.6. The molecule has 16 aliphatic carbocycles. The highest BCUT2D eigenvalue weighted by atomic mass is 79.9. The second kappa shape index (κ2) is 31.6. The number of piperidine rings is 2. The molecule has 19 aliphatic rings. The normalized spacial score (nSPS) is 38.6. The number of nitrogens with two attached hydrogens (primary N) is 2. The van der Waals surface area contributed by atoms with Gasteiger partial charge in [0.05, 0.1) is 53.0 Å². The van der Waals surface area contributed by atoms with Crippen LogP contribution in [0, 0.1) is 230 Å². The Labute approximate surface area is 795 Å². The number of hydrogen-bond donors (Lipinski definition) is 2. The number of carbonyl (C=O) groups excluding carboxylic acids is 2. The number of aromatic nitrogens is 2. The average molecular weight is 1930 g/mol. The molecule has 696 valence electrons. The lowest BCUT2D eigenvalue weighted by Crippen LogP contribution is -2.66. The molecule has 20 atom stereocenters. The van der Waals surface area contributed by atoms with Crippen LogP contribution in [0.15, 0.2) is 111 Å². The minimum Gasteiger partial charge on any atom is -0.398 e. The van der Waals surface area contributed by atoms with E-state index < -0.39 is 21.8 Å². The first-order valence-electron chi connectivity index (χ1n) is 52.1. The smallest absolute Gasteiger partial charge is 0.346 e. The highest BCUT2D eigenvalue weighted by Crippen LogP contribution is 2.76. The summed E-state index contributed by atoms with van der Waals surface area (Å²) in [4.78, 5) is 96.3. The van der Waals surface area contributed by atoms with Crippen molar-refractivity contribution in [3.63, 3.8) is 0 Å². The van der Waals surface area contributed by atoms with E-state index in [2.05, 4.69) is 46.4 Å². The van der Waals surface area contributed by atoms with Crippen molar-refractivity contribution in [2.45, 2.75) is 193 Å². The zero-order valence-electron chi connectivity index (χ0n) is 76.1. The molecule has 0 spiro atoms. The summed E-state index contributed by atoms with van der Waals surface area (Å²) in [5, 5.41) is 56.5. The van der Waals surface area contributed by atoms with Gasteiger partial charge in [-0.15, -0.1) is 0 Å². The number of fused-ring (bicyclic) bond motifs is 12. The van der Waals surface area contributed by atoms with Crippen LogP contribution in [-0.4, -0.2) is 77.0 Å². The van der Waals surface area contributed by atoms with Crippen LogP contribution in [0.4, 0.5) is 34.1 Å². The molecule has 18 fully saturated rings.